The highest BCUT2D eigenvalue weighted by molar-refractivity contribution is 7.14. The summed E-state index contributed by atoms with van der Waals surface area (Å²) in [6, 6.07) is 17.9. The van der Waals surface area contributed by atoms with Gasteiger partial charge in [-0.3, -0.25) is 4.79 Å². The van der Waals surface area contributed by atoms with Crippen LogP contribution in [-0.4, -0.2) is 41.8 Å². The van der Waals surface area contributed by atoms with Crippen molar-refractivity contribution >= 4 is 45.0 Å². The fourth-order valence-corrected chi connectivity index (χ4v) is 5.02. The number of hydrogen-bond donors (Lipinski definition) is 1. The predicted octanol–water partition coefficient (Wildman–Crippen LogP) is 5.17. The first-order valence-electron chi connectivity index (χ1n) is 11.5. The van der Waals surface area contributed by atoms with Crippen molar-refractivity contribution in [1.82, 2.24) is 9.55 Å². The Kier molecular flexibility index (Phi) is 6.89. The highest BCUT2D eigenvalue weighted by Gasteiger charge is 2.15. The van der Waals surface area contributed by atoms with E-state index in [1.807, 2.05) is 60.8 Å². The molecule has 0 aliphatic carbocycles. The molecular weight excluding hydrogens is 458 g/mol. The van der Waals surface area contributed by atoms with Crippen LogP contribution in [0.3, 0.4) is 0 Å². The van der Waals surface area contributed by atoms with E-state index in [1.165, 1.54) is 0 Å². The third-order valence-electron chi connectivity index (χ3n) is 5.92. The largest absolute Gasteiger partial charge is 0.378 e. The third kappa shape index (κ3) is 5.27. The Morgan fingerprint density at radius 3 is 2.77 bits per heavy atom. The van der Waals surface area contributed by atoms with Crippen LogP contribution in [0, 0.1) is 11.3 Å². The Morgan fingerprint density at radius 2 is 1.97 bits per heavy atom. The first-order chi connectivity index (χ1) is 17.2. The summed E-state index contributed by atoms with van der Waals surface area (Å²) in [6.45, 7) is 3.83. The molecule has 1 fully saturated rings. The van der Waals surface area contributed by atoms with Crippen LogP contribution < -0.4 is 10.2 Å². The average Bonchev–Trinajstić information content (AvgIpc) is 3.53. The topological polar surface area (TPSA) is 83.2 Å². The number of anilines is 2. The summed E-state index contributed by atoms with van der Waals surface area (Å²) in [4.78, 5) is 19.6. The summed E-state index contributed by atoms with van der Waals surface area (Å²) in [5, 5.41) is 16.0. The van der Waals surface area contributed by atoms with Crippen molar-refractivity contribution in [3.8, 4) is 17.3 Å². The molecule has 4 aromatic rings. The Hall–Kier alpha value is -3.93. The zero-order valence-electron chi connectivity index (χ0n) is 19.2. The summed E-state index contributed by atoms with van der Waals surface area (Å²) < 4.78 is 7.47. The van der Waals surface area contributed by atoms with E-state index in [0.717, 1.165) is 64.8 Å². The highest BCUT2D eigenvalue weighted by atomic mass is 32.1. The fraction of sp³-hybridized carbons (Fsp3) is 0.222. The Bertz CT molecular complexity index is 1390. The molecule has 3 heterocycles. The molecule has 0 radical (unpaired) electrons. The normalized spacial score (nSPS) is 13.9. The molecule has 176 valence electrons. The number of morpholine rings is 1. The second-order valence-electron chi connectivity index (χ2n) is 8.22. The maximum absolute atomic E-state index is 12.6. The number of carbonyl (C=O) groups excluding carboxylic acids is 1. The number of nitriles is 1. The molecule has 1 aliphatic heterocycles. The molecule has 8 heteroatoms. The number of thiazole rings is 1. The van der Waals surface area contributed by atoms with Crippen molar-refractivity contribution in [2.45, 2.75) is 13.0 Å². The van der Waals surface area contributed by atoms with Crippen LogP contribution >= 0.6 is 11.3 Å². The lowest BCUT2D eigenvalue weighted by Gasteiger charge is -2.26. The molecule has 0 bridgehead atoms. The van der Waals surface area contributed by atoms with Gasteiger partial charge in [-0.1, -0.05) is 30.3 Å². The van der Waals surface area contributed by atoms with Gasteiger partial charge in [0.2, 0.25) is 5.91 Å². The number of nitrogens with one attached hydrogen (secondary N) is 1. The van der Waals surface area contributed by atoms with E-state index in [-0.39, 0.29) is 5.91 Å². The quantitative estimate of drug-likeness (QED) is 0.367. The number of aromatic nitrogens is 2. The van der Waals surface area contributed by atoms with Crippen LogP contribution in [0.15, 0.2) is 66.2 Å². The van der Waals surface area contributed by atoms with Crippen molar-refractivity contribution in [3.63, 3.8) is 0 Å². The van der Waals surface area contributed by atoms with Gasteiger partial charge in [-0.25, -0.2) is 4.98 Å². The summed E-state index contributed by atoms with van der Waals surface area (Å²) in [6.07, 6.45) is 5.78. The summed E-state index contributed by atoms with van der Waals surface area (Å²) >= 11 is 1.64. The monoisotopic (exact) mass is 483 g/mol. The van der Waals surface area contributed by atoms with E-state index in [0.29, 0.717) is 13.0 Å². The molecule has 7 nitrogen and oxygen atoms in total. The molecule has 2 aromatic carbocycles. The van der Waals surface area contributed by atoms with Crippen LogP contribution in [0.5, 0.6) is 0 Å². The van der Waals surface area contributed by atoms with Gasteiger partial charge in [-0.15, -0.1) is 11.3 Å². The zero-order valence-corrected chi connectivity index (χ0v) is 20.0. The van der Waals surface area contributed by atoms with E-state index < -0.39 is 0 Å². The van der Waals surface area contributed by atoms with Crippen molar-refractivity contribution in [3.05, 3.63) is 71.7 Å². The molecule has 5 rings (SSSR count). The van der Waals surface area contributed by atoms with Gasteiger partial charge in [-0.05, 0) is 24.3 Å². The number of aryl methyl sites for hydroxylation is 1. The van der Waals surface area contributed by atoms with Crippen LogP contribution in [0.1, 0.15) is 12.0 Å². The Morgan fingerprint density at radius 1 is 1.17 bits per heavy atom. The van der Waals surface area contributed by atoms with Gasteiger partial charge in [0.1, 0.15) is 0 Å². The lowest BCUT2D eigenvalue weighted by atomic mass is 10.1. The molecular formula is C27H25N5O2S. The number of carbonyl (C=O) groups is 1. The lowest BCUT2D eigenvalue weighted by Crippen LogP contribution is -2.36. The summed E-state index contributed by atoms with van der Waals surface area (Å²) in [7, 11) is 0. The molecule has 2 aromatic heterocycles. The lowest BCUT2D eigenvalue weighted by molar-refractivity contribution is -0.111. The maximum atomic E-state index is 12.6. The number of amides is 1. The van der Waals surface area contributed by atoms with Gasteiger partial charge in [0, 0.05) is 65.0 Å². The van der Waals surface area contributed by atoms with Crippen LogP contribution in [0.25, 0.3) is 28.2 Å². The second-order valence-corrected chi connectivity index (χ2v) is 9.05. The first kappa shape index (κ1) is 22.8. The molecule has 1 amide bonds. The number of para-hydroxylation sites is 1. The summed E-state index contributed by atoms with van der Waals surface area (Å²) in [5.74, 6) is -0.199. The molecule has 0 unspecified atom stereocenters. The molecule has 1 N–H and O–H groups in total. The van der Waals surface area contributed by atoms with E-state index in [4.69, 9.17) is 15.0 Å². The van der Waals surface area contributed by atoms with E-state index >= 15 is 0 Å². The van der Waals surface area contributed by atoms with Gasteiger partial charge >= 0.3 is 0 Å². The SMILES string of the molecule is N#CCCn1cc(/C=C/C(=O)Nc2ccc(-c3csc(N4CCOCC4)n3)cc2)c2ccccc21. The van der Waals surface area contributed by atoms with Gasteiger partial charge in [0.25, 0.3) is 0 Å². The zero-order chi connectivity index (χ0) is 24.0. The van der Waals surface area contributed by atoms with Crippen molar-refractivity contribution in [2.75, 3.05) is 36.5 Å². The maximum Gasteiger partial charge on any atom is 0.248 e. The van der Waals surface area contributed by atoms with Gasteiger partial charge in [0.15, 0.2) is 5.13 Å². The van der Waals surface area contributed by atoms with Crippen LogP contribution in [0.4, 0.5) is 10.8 Å². The highest BCUT2D eigenvalue weighted by Crippen LogP contribution is 2.29. The fourth-order valence-electron chi connectivity index (χ4n) is 4.13. The molecule has 0 spiro atoms. The van der Waals surface area contributed by atoms with E-state index in [9.17, 15) is 4.79 Å². The van der Waals surface area contributed by atoms with Gasteiger partial charge in [-0.2, -0.15) is 5.26 Å². The Labute approximate surface area is 207 Å². The van der Waals surface area contributed by atoms with E-state index in [2.05, 4.69) is 26.2 Å². The minimum Gasteiger partial charge on any atom is -0.378 e. The van der Waals surface area contributed by atoms with Crippen LogP contribution in [-0.2, 0) is 16.1 Å². The average molecular weight is 484 g/mol. The number of nitrogens with zero attached hydrogens (tertiary/aromatic N) is 4. The standard InChI is InChI=1S/C27H25N5O2S/c28-12-3-13-32-18-21(23-4-1-2-5-25(23)32)8-11-26(33)29-22-9-6-20(7-10-22)24-19-35-27(30-24)31-14-16-34-17-15-31/h1-2,4-11,18-19H,3,13-17H2,(H,29,33)/b11-8+. The minimum atomic E-state index is -0.199. The number of hydrogen-bond acceptors (Lipinski definition) is 6. The molecule has 0 saturated carbocycles. The first-order valence-corrected chi connectivity index (χ1v) is 12.4. The van der Waals surface area contributed by atoms with Gasteiger partial charge < -0.3 is 19.5 Å². The van der Waals surface area contributed by atoms with Crippen LogP contribution in [0.2, 0.25) is 0 Å². The summed E-state index contributed by atoms with van der Waals surface area (Å²) in [5.41, 5.74) is 4.67. The van der Waals surface area contributed by atoms with Crippen molar-refractivity contribution < 1.29 is 9.53 Å². The van der Waals surface area contributed by atoms with Crippen molar-refractivity contribution in [2.24, 2.45) is 0 Å². The molecule has 35 heavy (non-hydrogen) atoms. The molecule has 1 saturated heterocycles. The smallest absolute Gasteiger partial charge is 0.248 e. The second kappa shape index (κ2) is 10.6. The number of ether oxygens (including phenoxy) is 1. The molecule has 1 aliphatic rings. The number of rotatable bonds is 7. The molecule has 0 atom stereocenters. The minimum absolute atomic E-state index is 0.199. The number of benzene rings is 2. The third-order valence-corrected chi connectivity index (χ3v) is 6.82. The van der Waals surface area contributed by atoms with Crippen molar-refractivity contribution in [1.29, 1.82) is 5.26 Å². The van der Waals surface area contributed by atoms with E-state index in [1.54, 1.807) is 17.4 Å². The van der Waals surface area contributed by atoms with Gasteiger partial charge in [0.05, 0.1) is 31.4 Å². The Balaban J connectivity index is 1.24. The number of fused-ring (bicyclic) bond motifs is 1. The predicted molar refractivity (Wildman–Crippen MR) is 140 cm³/mol.